The highest BCUT2D eigenvalue weighted by Gasteiger charge is 2.12. The van der Waals surface area contributed by atoms with Gasteiger partial charge in [-0.15, -0.1) is 0 Å². The van der Waals surface area contributed by atoms with Crippen molar-refractivity contribution in [3.05, 3.63) is 23.6 Å². The minimum atomic E-state index is 0.357. The van der Waals surface area contributed by atoms with E-state index in [1.165, 1.54) is 6.33 Å². The molecule has 0 saturated carbocycles. The largest absolute Gasteiger partial charge is 0.493 e. The minimum absolute atomic E-state index is 0.357. The SMILES string of the molecule is COc1ccc2ncnc(Cl)c2c1OC. The quantitative estimate of drug-likeness (QED) is 0.735. The predicted octanol–water partition coefficient (Wildman–Crippen LogP) is 2.30. The van der Waals surface area contributed by atoms with E-state index in [9.17, 15) is 0 Å². The van der Waals surface area contributed by atoms with Crippen LogP contribution in [0.15, 0.2) is 18.5 Å². The maximum absolute atomic E-state index is 5.98. The van der Waals surface area contributed by atoms with Crippen LogP contribution < -0.4 is 9.47 Å². The fourth-order valence-electron chi connectivity index (χ4n) is 1.43. The van der Waals surface area contributed by atoms with Crippen molar-refractivity contribution < 1.29 is 9.47 Å². The van der Waals surface area contributed by atoms with Gasteiger partial charge >= 0.3 is 0 Å². The zero-order valence-electron chi connectivity index (χ0n) is 8.32. The maximum atomic E-state index is 5.98. The highest BCUT2D eigenvalue weighted by molar-refractivity contribution is 6.34. The summed E-state index contributed by atoms with van der Waals surface area (Å²) in [5, 5.41) is 1.02. The normalized spacial score (nSPS) is 10.3. The van der Waals surface area contributed by atoms with Crippen LogP contribution >= 0.6 is 11.6 Å². The molecule has 1 aromatic carbocycles. The molecule has 0 fully saturated rings. The van der Waals surface area contributed by atoms with Crippen molar-refractivity contribution in [3.8, 4) is 11.5 Å². The monoisotopic (exact) mass is 224 g/mol. The first-order valence-corrected chi connectivity index (χ1v) is 4.67. The number of rotatable bonds is 2. The number of methoxy groups -OCH3 is 2. The molecule has 78 valence electrons. The van der Waals surface area contributed by atoms with Crippen LogP contribution in [0.25, 0.3) is 10.9 Å². The Morgan fingerprint density at radius 1 is 1.13 bits per heavy atom. The number of fused-ring (bicyclic) bond motifs is 1. The van der Waals surface area contributed by atoms with Crippen LogP contribution in [-0.2, 0) is 0 Å². The third-order valence-corrected chi connectivity index (χ3v) is 2.38. The van der Waals surface area contributed by atoms with E-state index in [-0.39, 0.29) is 0 Å². The third-order valence-electron chi connectivity index (χ3n) is 2.10. The molecular weight excluding hydrogens is 216 g/mol. The fourth-order valence-corrected chi connectivity index (χ4v) is 1.66. The molecule has 1 aromatic heterocycles. The Labute approximate surface area is 91.8 Å². The number of hydrogen-bond donors (Lipinski definition) is 0. The van der Waals surface area contributed by atoms with Crippen LogP contribution in [0.2, 0.25) is 5.15 Å². The van der Waals surface area contributed by atoms with Gasteiger partial charge in [0.05, 0.1) is 25.1 Å². The number of aromatic nitrogens is 2. The smallest absolute Gasteiger partial charge is 0.173 e. The molecule has 2 rings (SSSR count). The van der Waals surface area contributed by atoms with E-state index in [1.54, 1.807) is 20.3 Å². The molecule has 0 aliphatic carbocycles. The molecule has 0 aliphatic rings. The summed E-state index contributed by atoms with van der Waals surface area (Å²) < 4.78 is 10.4. The molecule has 15 heavy (non-hydrogen) atoms. The van der Waals surface area contributed by atoms with Gasteiger partial charge in [0.1, 0.15) is 11.5 Å². The first-order valence-electron chi connectivity index (χ1n) is 4.29. The van der Waals surface area contributed by atoms with E-state index in [1.807, 2.05) is 6.07 Å². The number of benzene rings is 1. The Morgan fingerprint density at radius 3 is 2.60 bits per heavy atom. The van der Waals surface area contributed by atoms with Gasteiger partial charge < -0.3 is 9.47 Å². The highest BCUT2D eigenvalue weighted by Crippen LogP contribution is 2.37. The van der Waals surface area contributed by atoms with Gasteiger partial charge in [-0.2, -0.15) is 0 Å². The molecule has 1 heterocycles. The molecule has 0 amide bonds. The summed E-state index contributed by atoms with van der Waals surface area (Å²) in [7, 11) is 3.13. The number of halogens is 1. The lowest BCUT2D eigenvalue weighted by molar-refractivity contribution is 0.358. The van der Waals surface area contributed by atoms with Crippen LogP contribution in [-0.4, -0.2) is 24.2 Å². The van der Waals surface area contributed by atoms with E-state index >= 15 is 0 Å². The Morgan fingerprint density at radius 2 is 1.93 bits per heavy atom. The number of nitrogens with zero attached hydrogens (tertiary/aromatic N) is 2. The van der Waals surface area contributed by atoms with Gasteiger partial charge in [-0.25, -0.2) is 9.97 Å². The molecule has 2 aromatic rings. The molecule has 0 radical (unpaired) electrons. The summed E-state index contributed by atoms with van der Waals surface area (Å²) in [5.74, 6) is 1.17. The Hall–Kier alpha value is -1.55. The molecule has 0 unspecified atom stereocenters. The average molecular weight is 225 g/mol. The second-order valence-electron chi connectivity index (χ2n) is 2.86. The topological polar surface area (TPSA) is 44.2 Å². The Balaban J connectivity index is 2.85. The van der Waals surface area contributed by atoms with Gasteiger partial charge in [0.15, 0.2) is 11.5 Å². The Kier molecular flexibility index (Phi) is 2.60. The standard InChI is InChI=1S/C10H9ClN2O2/c1-14-7-4-3-6-8(9(7)15-2)10(11)13-5-12-6/h3-5H,1-2H3. The van der Waals surface area contributed by atoms with Crippen molar-refractivity contribution in [3.63, 3.8) is 0 Å². The highest BCUT2D eigenvalue weighted by atomic mass is 35.5. The molecule has 4 nitrogen and oxygen atoms in total. The molecule has 0 saturated heterocycles. The zero-order chi connectivity index (χ0) is 10.8. The zero-order valence-corrected chi connectivity index (χ0v) is 9.08. The molecule has 0 spiro atoms. The summed E-state index contributed by atoms with van der Waals surface area (Å²) in [6, 6.07) is 3.59. The van der Waals surface area contributed by atoms with Crippen LogP contribution in [0.3, 0.4) is 0 Å². The predicted molar refractivity (Wildman–Crippen MR) is 57.7 cm³/mol. The van der Waals surface area contributed by atoms with Crippen LogP contribution in [0, 0.1) is 0 Å². The van der Waals surface area contributed by atoms with Crippen molar-refractivity contribution in [1.82, 2.24) is 9.97 Å². The van der Waals surface area contributed by atoms with Gasteiger partial charge in [0, 0.05) is 0 Å². The number of hydrogen-bond acceptors (Lipinski definition) is 4. The van der Waals surface area contributed by atoms with Gasteiger partial charge in [-0.3, -0.25) is 0 Å². The summed E-state index contributed by atoms with van der Waals surface area (Å²) in [4.78, 5) is 8.01. The fraction of sp³-hybridized carbons (Fsp3) is 0.200. The maximum Gasteiger partial charge on any atom is 0.173 e. The molecule has 0 aliphatic heterocycles. The van der Waals surface area contributed by atoms with Crippen LogP contribution in [0.5, 0.6) is 11.5 Å². The average Bonchev–Trinajstić information content (AvgIpc) is 2.28. The van der Waals surface area contributed by atoms with E-state index < -0.39 is 0 Å². The third kappa shape index (κ3) is 1.57. The Bertz CT molecular complexity index is 502. The van der Waals surface area contributed by atoms with E-state index in [0.717, 1.165) is 5.52 Å². The molecule has 0 N–H and O–H groups in total. The molecule has 0 bridgehead atoms. The lowest BCUT2D eigenvalue weighted by atomic mass is 10.2. The summed E-state index contributed by atoms with van der Waals surface area (Å²) >= 11 is 5.98. The lowest BCUT2D eigenvalue weighted by Crippen LogP contribution is -1.93. The van der Waals surface area contributed by atoms with Crippen molar-refractivity contribution >= 4 is 22.5 Å². The second kappa shape index (κ2) is 3.90. The van der Waals surface area contributed by atoms with Gasteiger partial charge in [0.2, 0.25) is 0 Å². The molecular formula is C10H9ClN2O2. The van der Waals surface area contributed by atoms with Crippen molar-refractivity contribution in [2.45, 2.75) is 0 Å². The van der Waals surface area contributed by atoms with E-state index in [0.29, 0.717) is 22.0 Å². The van der Waals surface area contributed by atoms with Crippen LogP contribution in [0.1, 0.15) is 0 Å². The van der Waals surface area contributed by atoms with Gasteiger partial charge in [-0.1, -0.05) is 11.6 Å². The van der Waals surface area contributed by atoms with Crippen molar-refractivity contribution in [2.75, 3.05) is 14.2 Å². The lowest BCUT2D eigenvalue weighted by Gasteiger charge is -2.10. The second-order valence-corrected chi connectivity index (χ2v) is 3.22. The first kappa shape index (κ1) is 9.98. The molecule has 5 heteroatoms. The number of ether oxygens (including phenoxy) is 2. The van der Waals surface area contributed by atoms with E-state index in [2.05, 4.69) is 9.97 Å². The summed E-state index contributed by atoms with van der Waals surface area (Å²) in [6.07, 6.45) is 1.41. The van der Waals surface area contributed by atoms with E-state index in [4.69, 9.17) is 21.1 Å². The molecule has 0 atom stereocenters. The van der Waals surface area contributed by atoms with Gasteiger partial charge in [-0.05, 0) is 12.1 Å². The van der Waals surface area contributed by atoms with Gasteiger partial charge in [0.25, 0.3) is 0 Å². The minimum Gasteiger partial charge on any atom is -0.493 e. The van der Waals surface area contributed by atoms with Crippen LogP contribution in [0.4, 0.5) is 0 Å². The summed E-state index contributed by atoms with van der Waals surface area (Å²) in [5.41, 5.74) is 0.729. The van der Waals surface area contributed by atoms with Crippen molar-refractivity contribution in [2.24, 2.45) is 0 Å². The first-order chi connectivity index (χ1) is 7.27. The summed E-state index contributed by atoms with van der Waals surface area (Å²) in [6.45, 7) is 0. The van der Waals surface area contributed by atoms with Crippen molar-refractivity contribution in [1.29, 1.82) is 0 Å².